The van der Waals surface area contributed by atoms with Gasteiger partial charge in [0.15, 0.2) is 5.11 Å². The predicted molar refractivity (Wildman–Crippen MR) is 90.4 cm³/mol. The normalized spacial score (nSPS) is 40.0. The predicted octanol–water partition coefficient (Wildman–Crippen LogP) is 1.85. The van der Waals surface area contributed by atoms with Crippen LogP contribution in [0.1, 0.15) is 38.5 Å². The summed E-state index contributed by atoms with van der Waals surface area (Å²) >= 11 is 5.31. The first kappa shape index (κ1) is 14.7. The number of rotatable bonds is 1. The van der Waals surface area contributed by atoms with Crippen molar-refractivity contribution in [3.05, 3.63) is 0 Å². The molecular formula is C17H27N3OS. The second-order valence-corrected chi connectivity index (χ2v) is 8.42. The van der Waals surface area contributed by atoms with Gasteiger partial charge in [-0.1, -0.05) is 0 Å². The van der Waals surface area contributed by atoms with E-state index in [9.17, 15) is 4.79 Å². The first-order chi connectivity index (χ1) is 10.6. The number of thiocarbonyl (C=S) groups is 1. The molecule has 5 heteroatoms. The average molecular weight is 321 g/mol. The lowest BCUT2D eigenvalue weighted by molar-refractivity contribution is -0.158. The minimum absolute atomic E-state index is 0.0143. The molecule has 4 aliphatic carbocycles. The summed E-state index contributed by atoms with van der Waals surface area (Å²) < 4.78 is 0. The fourth-order valence-electron chi connectivity index (χ4n) is 5.98. The monoisotopic (exact) mass is 321 g/mol. The Labute approximate surface area is 138 Å². The van der Waals surface area contributed by atoms with Gasteiger partial charge in [-0.2, -0.15) is 0 Å². The molecule has 0 aromatic rings. The zero-order chi connectivity index (χ0) is 15.3. The van der Waals surface area contributed by atoms with Crippen molar-refractivity contribution in [1.29, 1.82) is 0 Å². The summed E-state index contributed by atoms with van der Waals surface area (Å²) in [6, 6.07) is 0. The molecule has 1 aliphatic heterocycles. The van der Waals surface area contributed by atoms with E-state index in [1.807, 2.05) is 7.05 Å². The summed E-state index contributed by atoms with van der Waals surface area (Å²) in [5.41, 5.74) is 0.0143. The van der Waals surface area contributed by atoms with Crippen molar-refractivity contribution >= 4 is 23.2 Å². The molecule has 5 aliphatic rings. The molecule has 0 unspecified atom stereocenters. The van der Waals surface area contributed by atoms with E-state index in [4.69, 9.17) is 12.2 Å². The fraction of sp³-hybridized carbons (Fsp3) is 0.882. The molecule has 4 saturated carbocycles. The molecule has 4 bridgehead atoms. The van der Waals surface area contributed by atoms with Crippen LogP contribution in [0.15, 0.2) is 0 Å². The van der Waals surface area contributed by atoms with Crippen molar-refractivity contribution in [2.24, 2.45) is 23.2 Å². The molecule has 1 amide bonds. The third-order valence-electron chi connectivity index (χ3n) is 6.56. The van der Waals surface area contributed by atoms with Crippen molar-refractivity contribution < 1.29 is 4.79 Å². The smallest absolute Gasteiger partial charge is 0.228 e. The van der Waals surface area contributed by atoms with Gasteiger partial charge >= 0.3 is 0 Å². The minimum Gasteiger partial charge on any atom is -0.366 e. The topological polar surface area (TPSA) is 35.6 Å². The van der Waals surface area contributed by atoms with E-state index < -0.39 is 0 Å². The highest BCUT2D eigenvalue weighted by molar-refractivity contribution is 7.80. The number of hydrogen-bond donors (Lipinski definition) is 1. The lowest BCUT2D eigenvalue weighted by Crippen LogP contribution is -2.59. The Balaban J connectivity index is 1.43. The van der Waals surface area contributed by atoms with Crippen molar-refractivity contribution in [3.63, 3.8) is 0 Å². The van der Waals surface area contributed by atoms with Crippen LogP contribution in [0.25, 0.3) is 0 Å². The maximum atomic E-state index is 13.3. The Morgan fingerprint density at radius 3 is 1.86 bits per heavy atom. The number of nitrogens with zero attached hydrogens (tertiary/aromatic N) is 2. The highest BCUT2D eigenvalue weighted by Crippen LogP contribution is 2.60. The number of nitrogens with one attached hydrogen (secondary N) is 1. The van der Waals surface area contributed by atoms with Crippen LogP contribution in [0.3, 0.4) is 0 Å². The van der Waals surface area contributed by atoms with Gasteiger partial charge in [-0.25, -0.2) is 0 Å². The van der Waals surface area contributed by atoms with Crippen LogP contribution in [-0.4, -0.2) is 54.0 Å². The number of hydrogen-bond acceptors (Lipinski definition) is 2. The highest BCUT2D eigenvalue weighted by Gasteiger charge is 2.55. The second kappa shape index (κ2) is 5.36. The molecule has 1 heterocycles. The number of piperazine rings is 1. The zero-order valence-electron chi connectivity index (χ0n) is 13.5. The maximum Gasteiger partial charge on any atom is 0.228 e. The summed E-state index contributed by atoms with van der Waals surface area (Å²) in [5.74, 6) is 3.00. The van der Waals surface area contributed by atoms with Crippen molar-refractivity contribution in [1.82, 2.24) is 15.1 Å². The Hall–Kier alpha value is -0.840. The molecule has 0 atom stereocenters. The van der Waals surface area contributed by atoms with E-state index in [0.717, 1.165) is 49.0 Å². The third-order valence-corrected chi connectivity index (χ3v) is 7.02. The second-order valence-electron chi connectivity index (χ2n) is 8.03. The first-order valence-corrected chi connectivity index (χ1v) is 9.26. The van der Waals surface area contributed by atoms with E-state index in [1.165, 1.54) is 38.5 Å². The summed E-state index contributed by atoms with van der Waals surface area (Å²) in [7, 11) is 1.87. The van der Waals surface area contributed by atoms with E-state index >= 15 is 0 Å². The molecule has 1 N–H and O–H groups in total. The number of amides is 1. The molecule has 1 saturated heterocycles. The molecular weight excluding hydrogens is 294 g/mol. The highest BCUT2D eigenvalue weighted by atomic mass is 32.1. The first-order valence-electron chi connectivity index (χ1n) is 8.86. The van der Waals surface area contributed by atoms with Crippen LogP contribution in [0, 0.1) is 23.2 Å². The molecule has 0 radical (unpaired) electrons. The fourth-order valence-corrected chi connectivity index (χ4v) is 6.16. The molecule has 4 nitrogen and oxygen atoms in total. The van der Waals surface area contributed by atoms with Gasteiger partial charge in [0.2, 0.25) is 5.91 Å². The van der Waals surface area contributed by atoms with Crippen LogP contribution >= 0.6 is 12.2 Å². The van der Waals surface area contributed by atoms with E-state index in [-0.39, 0.29) is 5.41 Å². The van der Waals surface area contributed by atoms with Gasteiger partial charge < -0.3 is 15.1 Å². The molecule has 5 fully saturated rings. The van der Waals surface area contributed by atoms with Crippen LogP contribution in [0.4, 0.5) is 0 Å². The molecule has 5 rings (SSSR count). The van der Waals surface area contributed by atoms with Gasteiger partial charge in [0.05, 0.1) is 5.41 Å². The lowest BCUT2D eigenvalue weighted by Gasteiger charge is -2.57. The summed E-state index contributed by atoms with van der Waals surface area (Å²) in [5, 5.41) is 3.85. The van der Waals surface area contributed by atoms with Crippen molar-refractivity contribution in [3.8, 4) is 0 Å². The maximum absolute atomic E-state index is 13.3. The van der Waals surface area contributed by atoms with Gasteiger partial charge in [0.25, 0.3) is 0 Å². The summed E-state index contributed by atoms with van der Waals surface area (Å²) in [4.78, 5) is 17.6. The largest absolute Gasteiger partial charge is 0.366 e. The van der Waals surface area contributed by atoms with Crippen LogP contribution in [-0.2, 0) is 4.79 Å². The van der Waals surface area contributed by atoms with Crippen LogP contribution < -0.4 is 5.32 Å². The SMILES string of the molecule is CNC(=S)N1CCN(C(=O)C23CC4CC(CC(C4)C2)C3)CC1. The van der Waals surface area contributed by atoms with E-state index in [1.54, 1.807) is 0 Å². The van der Waals surface area contributed by atoms with E-state index in [2.05, 4.69) is 15.1 Å². The Morgan fingerprint density at radius 1 is 0.955 bits per heavy atom. The minimum atomic E-state index is 0.0143. The van der Waals surface area contributed by atoms with Gasteiger partial charge in [-0.05, 0) is 68.5 Å². The Morgan fingerprint density at radius 2 is 1.41 bits per heavy atom. The molecule has 0 aromatic carbocycles. The van der Waals surface area contributed by atoms with Crippen LogP contribution in [0.5, 0.6) is 0 Å². The molecule has 22 heavy (non-hydrogen) atoms. The van der Waals surface area contributed by atoms with Crippen LogP contribution in [0.2, 0.25) is 0 Å². The quantitative estimate of drug-likeness (QED) is 0.748. The third kappa shape index (κ3) is 2.32. The van der Waals surface area contributed by atoms with Crippen molar-refractivity contribution in [2.75, 3.05) is 33.2 Å². The van der Waals surface area contributed by atoms with Gasteiger partial charge in [0, 0.05) is 33.2 Å². The molecule has 122 valence electrons. The zero-order valence-corrected chi connectivity index (χ0v) is 14.3. The van der Waals surface area contributed by atoms with E-state index in [0.29, 0.717) is 5.91 Å². The Kier molecular flexibility index (Phi) is 3.59. The van der Waals surface area contributed by atoms with Gasteiger partial charge in [-0.15, -0.1) is 0 Å². The standard InChI is InChI=1S/C17H27N3OS/c1-18-16(22)20-4-2-19(3-5-20)15(21)17-9-12-6-13(10-17)8-14(7-12)11-17/h12-14H,2-11H2,1H3,(H,18,22). The van der Waals surface area contributed by atoms with Crippen molar-refractivity contribution in [2.45, 2.75) is 38.5 Å². The lowest BCUT2D eigenvalue weighted by atomic mass is 9.49. The van der Waals surface area contributed by atoms with Gasteiger partial charge in [-0.3, -0.25) is 4.79 Å². The summed E-state index contributed by atoms with van der Waals surface area (Å²) in [6.45, 7) is 3.42. The van der Waals surface area contributed by atoms with Gasteiger partial charge in [0.1, 0.15) is 0 Å². The summed E-state index contributed by atoms with van der Waals surface area (Å²) in [6.07, 6.45) is 7.72. The Bertz CT molecular complexity index is 449. The molecule has 0 spiro atoms. The average Bonchev–Trinajstić information content (AvgIpc) is 2.52. The number of carbonyl (C=O) groups excluding carboxylic acids is 1. The molecule has 0 aromatic heterocycles. The number of carbonyl (C=O) groups is 1.